The van der Waals surface area contributed by atoms with E-state index in [0.29, 0.717) is 22.4 Å². The van der Waals surface area contributed by atoms with E-state index in [9.17, 15) is 14.0 Å². The SMILES string of the molecule is C[C@@H](NC(=O)COC(=O)c1cc(-c2ccco2)nc2ccccc12)c1ccc(F)cc1. The Kier molecular flexibility index (Phi) is 5.75. The zero-order valence-electron chi connectivity index (χ0n) is 16.7. The Morgan fingerprint density at radius 1 is 1.10 bits per heavy atom. The van der Waals surface area contributed by atoms with E-state index < -0.39 is 18.5 Å². The third-order valence-corrected chi connectivity index (χ3v) is 4.79. The molecule has 0 bridgehead atoms. The number of furan rings is 1. The van der Waals surface area contributed by atoms with E-state index in [-0.39, 0.29) is 17.4 Å². The van der Waals surface area contributed by atoms with Crippen LogP contribution in [0, 0.1) is 5.82 Å². The van der Waals surface area contributed by atoms with Gasteiger partial charge in [-0.3, -0.25) is 4.79 Å². The molecule has 0 spiro atoms. The number of halogens is 1. The van der Waals surface area contributed by atoms with Gasteiger partial charge in [0.15, 0.2) is 12.4 Å². The fourth-order valence-corrected chi connectivity index (χ4v) is 3.22. The molecule has 4 aromatic rings. The number of rotatable bonds is 6. The molecule has 1 N–H and O–H groups in total. The average Bonchev–Trinajstić information content (AvgIpc) is 3.32. The van der Waals surface area contributed by atoms with Gasteiger partial charge in [-0.05, 0) is 48.9 Å². The van der Waals surface area contributed by atoms with E-state index in [2.05, 4.69) is 10.3 Å². The van der Waals surface area contributed by atoms with Gasteiger partial charge in [0.1, 0.15) is 11.5 Å². The molecule has 0 unspecified atom stereocenters. The van der Waals surface area contributed by atoms with Crippen molar-refractivity contribution >= 4 is 22.8 Å². The van der Waals surface area contributed by atoms with Crippen LogP contribution in [0.25, 0.3) is 22.4 Å². The maximum absolute atomic E-state index is 13.1. The molecule has 0 fully saturated rings. The number of hydrogen-bond donors (Lipinski definition) is 1. The predicted molar refractivity (Wildman–Crippen MR) is 113 cm³/mol. The molecule has 7 heteroatoms. The van der Waals surface area contributed by atoms with E-state index in [1.54, 1.807) is 55.5 Å². The van der Waals surface area contributed by atoms with Gasteiger partial charge in [-0.2, -0.15) is 0 Å². The second-order valence-corrected chi connectivity index (χ2v) is 6.97. The van der Waals surface area contributed by atoms with Crippen molar-refractivity contribution in [2.45, 2.75) is 13.0 Å². The summed E-state index contributed by atoms with van der Waals surface area (Å²) in [5.41, 5.74) is 2.13. The molecule has 6 nitrogen and oxygen atoms in total. The summed E-state index contributed by atoms with van der Waals surface area (Å²) in [5.74, 6) is -0.939. The smallest absolute Gasteiger partial charge is 0.339 e. The number of nitrogens with zero attached hydrogens (tertiary/aromatic N) is 1. The minimum Gasteiger partial charge on any atom is -0.463 e. The normalized spacial score (nSPS) is 11.8. The number of benzene rings is 2. The second kappa shape index (κ2) is 8.79. The topological polar surface area (TPSA) is 81.4 Å². The predicted octanol–water partition coefficient (Wildman–Crippen LogP) is 4.67. The van der Waals surface area contributed by atoms with Gasteiger partial charge >= 0.3 is 5.97 Å². The number of carbonyl (C=O) groups is 2. The largest absolute Gasteiger partial charge is 0.463 e. The molecule has 0 radical (unpaired) electrons. The van der Waals surface area contributed by atoms with Crippen LogP contribution in [0.3, 0.4) is 0 Å². The van der Waals surface area contributed by atoms with E-state index in [0.717, 1.165) is 5.56 Å². The summed E-state index contributed by atoms with van der Waals surface area (Å²) in [7, 11) is 0. The standard InChI is InChI=1S/C24H19FN2O4/c1-15(16-8-10-17(25)11-9-16)26-23(28)14-31-24(29)19-13-21(22-7-4-12-30-22)27-20-6-3-2-5-18(19)20/h2-13,15H,14H2,1H3,(H,26,28)/t15-/m1/s1. The van der Waals surface area contributed by atoms with Gasteiger partial charge < -0.3 is 14.5 Å². The van der Waals surface area contributed by atoms with E-state index in [1.807, 2.05) is 6.07 Å². The van der Waals surface area contributed by atoms with Gasteiger partial charge in [-0.1, -0.05) is 30.3 Å². The van der Waals surface area contributed by atoms with E-state index in [4.69, 9.17) is 9.15 Å². The number of para-hydroxylation sites is 1. The molecule has 4 rings (SSSR count). The highest BCUT2D eigenvalue weighted by molar-refractivity contribution is 6.05. The first-order valence-electron chi connectivity index (χ1n) is 9.67. The first kappa shape index (κ1) is 20.3. The first-order chi connectivity index (χ1) is 15.0. The fourth-order valence-electron chi connectivity index (χ4n) is 3.22. The van der Waals surface area contributed by atoms with Crippen LogP contribution >= 0.6 is 0 Å². The Balaban J connectivity index is 1.48. The number of nitrogens with one attached hydrogen (secondary N) is 1. The summed E-state index contributed by atoms with van der Waals surface area (Å²) >= 11 is 0. The number of esters is 1. The highest BCUT2D eigenvalue weighted by atomic mass is 19.1. The van der Waals surface area contributed by atoms with Crippen LogP contribution in [0.4, 0.5) is 4.39 Å². The summed E-state index contributed by atoms with van der Waals surface area (Å²) in [6.45, 7) is 1.32. The van der Waals surface area contributed by atoms with Gasteiger partial charge in [0.05, 0.1) is 23.4 Å². The Labute approximate surface area is 177 Å². The van der Waals surface area contributed by atoms with Gasteiger partial charge in [0.25, 0.3) is 5.91 Å². The molecule has 0 saturated heterocycles. The zero-order valence-corrected chi connectivity index (χ0v) is 16.7. The molecule has 2 heterocycles. The molecule has 0 aliphatic carbocycles. The Bertz CT molecular complexity index is 1220. The molecule has 2 aromatic carbocycles. The van der Waals surface area contributed by atoms with Crippen LogP contribution in [0.2, 0.25) is 0 Å². The molecule has 156 valence electrons. The first-order valence-corrected chi connectivity index (χ1v) is 9.67. The lowest BCUT2D eigenvalue weighted by Gasteiger charge is -2.14. The summed E-state index contributed by atoms with van der Waals surface area (Å²) in [6, 6.07) is 17.7. The number of carbonyl (C=O) groups excluding carboxylic acids is 2. The van der Waals surface area contributed by atoms with Crippen molar-refractivity contribution in [2.24, 2.45) is 0 Å². The van der Waals surface area contributed by atoms with Crippen LogP contribution < -0.4 is 5.32 Å². The van der Waals surface area contributed by atoms with Crippen molar-refractivity contribution < 1.29 is 23.1 Å². The van der Waals surface area contributed by atoms with Gasteiger partial charge in [-0.15, -0.1) is 0 Å². The minimum absolute atomic E-state index is 0.288. The van der Waals surface area contributed by atoms with Crippen molar-refractivity contribution in [3.05, 3.63) is 89.9 Å². The molecule has 0 saturated carbocycles. The zero-order chi connectivity index (χ0) is 21.8. The summed E-state index contributed by atoms with van der Waals surface area (Å²) in [5, 5.41) is 3.34. The molecule has 1 amide bonds. The van der Waals surface area contributed by atoms with Crippen molar-refractivity contribution in [1.29, 1.82) is 0 Å². The quantitative estimate of drug-likeness (QED) is 0.460. The maximum atomic E-state index is 13.1. The summed E-state index contributed by atoms with van der Waals surface area (Å²) in [6.07, 6.45) is 1.52. The monoisotopic (exact) mass is 418 g/mol. The highest BCUT2D eigenvalue weighted by Crippen LogP contribution is 2.25. The fraction of sp³-hybridized carbons (Fsp3) is 0.125. The number of fused-ring (bicyclic) bond motifs is 1. The van der Waals surface area contributed by atoms with Gasteiger partial charge in [0, 0.05) is 5.39 Å². The maximum Gasteiger partial charge on any atom is 0.339 e. The molecule has 0 aliphatic rings. The Morgan fingerprint density at radius 2 is 1.87 bits per heavy atom. The number of aromatic nitrogens is 1. The molecular weight excluding hydrogens is 399 g/mol. The number of amides is 1. The lowest BCUT2D eigenvalue weighted by atomic mass is 10.1. The van der Waals surface area contributed by atoms with Crippen LogP contribution in [-0.2, 0) is 9.53 Å². The van der Waals surface area contributed by atoms with Crippen LogP contribution in [0.5, 0.6) is 0 Å². The van der Waals surface area contributed by atoms with Crippen molar-refractivity contribution in [3.8, 4) is 11.5 Å². The Hall–Kier alpha value is -4.00. The molecule has 1 atom stereocenters. The third-order valence-electron chi connectivity index (χ3n) is 4.79. The number of ether oxygens (including phenoxy) is 1. The number of hydrogen-bond acceptors (Lipinski definition) is 5. The van der Waals surface area contributed by atoms with Crippen molar-refractivity contribution in [2.75, 3.05) is 6.61 Å². The van der Waals surface area contributed by atoms with Crippen LogP contribution in [0.15, 0.2) is 77.4 Å². The third kappa shape index (κ3) is 4.61. The molecule has 2 aromatic heterocycles. The molecular formula is C24H19FN2O4. The second-order valence-electron chi connectivity index (χ2n) is 6.97. The number of pyridine rings is 1. The molecule has 31 heavy (non-hydrogen) atoms. The van der Waals surface area contributed by atoms with Crippen molar-refractivity contribution in [3.63, 3.8) is 0 Å². The van der Waals surface area contributed by atoms with E-state index >= 15 is 0 Å². The van der Waals surface area contributed by atoms with Crippen molar-refractivity contribution in [1.82, 2.24) is 10.3 Å². The summed E-state index contributed by atoms with van der Waals surface area (Å²) in [4.78, 5) is 29.6. The highest BCUT2D eigenvalue weighted by Gasteiger charge is 2.18. The summed E-state index contributed by atoms with van der Waals surface area (Å²) < 4.78 is 23.7. The Morgan fingerprint density at radius 3 is 2.61 bits per heavy atom. The van der Waals surface area contributed by atoms with Gasteiger partial charge in [0.2, 0.25) is 0 Å². The van der Waals surface area contributed by atoms with E-state index in [1.165, 1.54) is 18.4 Å². The van der Waals surface area contributed by atoms with Gasteiger partial charge in [-0.25, -0.2) is 14.2 Å². The van der Waals surface area contributed by atoms with Crippen LogP contribution in [-0.4, -0.2) is 23.5 Å². The average molecular weight is 418 g/mol. The van der Waals surface area contributed by atoms with Crippen LogP contribution in [0.1, 0.15) is 28.9 Å². The lowest BCUT2D eigenvalue weighted by molar-refractivity contribution is -0.124. The molecule has 0 aliphatic heterocycles. The lowest BCUT2D eigenvalue weighted by Crippen LogP contribution is -2.31. The minimum atomic E-state index is -0.643.